The number of para-hydroxylation sites is 1. The molecule has 1 unspecified atom stereocenters. The van der Waals surface area contributed by atoms with Crippen molar-refractivity contribution in [3.63, 3.8) is 0 Å². The second-order valence-electron chi connectivity index (χ2n) is 10.1. The summed E-state index contributed by atoms with van der Waals surface area (Å²) in [5.41, 5.74) is 2.90. The molecule has 0 saturated carbocycles. The number of hydrogen-bond acceptors (Lipinski definition) is 6. The zero-order valence-electron chi connectivity index (χ0n) is 20.9. The van der Waals surface area contributed by atoms with Crippen molar-refractivity contribution < 1.29 is 23.5 Å². The quantitative estimate of drug-likeness (QED) is 0.225. The van der Waals surface area contributed by atoms with Crippen LogP contribution in [0.1, 0.15) is 41.2 Å². The number of rotatable bonds is 4. The van der Waals surface area contributed by atoms with E-state index in [9.17, 15) is 19.0 Å². The molecule has 0 amide bonds. The zero-order chi connectivity index (χ0) is 27.1. The molecule has 2 atom stereocenters. The van der Waals surface area contributed by atoms with E-state index in [0.717, 1.165) is 32.1 Å². The van der Waals surface area contributed by atoms with Gasteiger partial charge in [0, 0.05) is 34.1 Å². The van der Waals surface area contributed by atoms with Gasteiger partial charge >= 0.3 is 13.7 Å². The van der Waals surface area contributed by atoms with Crippen LogP contribution in [0, 0.1) is 0 Å². The summed E-state index contributed by atoms with van der Waals surface area (Å²) in [6.07, 6.45) is -0.00335. The summed E-state index contributed by atoms with van der Waals surface area (Å²) < 4.78 is 29.0. The predicted molar refractivity (Wildman–Crippen MR) is 147 cm³/mol. The SMILES string of the molecule is CC[C@@]1(OP(=O)(O)N2Cc3ccc(Br)cc3C2)C(=O)OCc2c1cc1n(c2=O)Cc2cc3ccccc3nc2-1. The Kier molecular flexibility index (Phi) is 5.53. The average molecular weight is 608 g/mol. The van der Waals surface area contributed by atoms with Crippen LogP contribution >= 0.6 is 23.7 Å². The number of nitrogens with zero attached hydrogens (tertiary/aromatic N) is 3. The summed E-state index contributed by atoms with van der Waals surface area (Å²) in [4.78, 5) is 43.1. The molecule has 0 fully saturated rings. The summed E-state index contributed by atoms with van der Waals surface area (Å²) in [5, 5.41) is 0.964. The van der Waals surface area contributed by atoms with Crippen LogP contribution in [-0.2, 0) is 50.5 Å². The molecule has 9 nitrogen and oxygen atoms in total. The second-order valence-corrected chi connectivity index (χ2v) is 12.7. The van der Waals surface area contributed by atoms with Crippen LogP contribution in [-0.4, -0.2) is 25.1 Å². The molecule has 5 heterocycles. The number of esters is 1. The Hall–Kier alpha value is -3.14. The van der Waals surface area contributed by atoms with Gasteiger partial charge < -0.3 is 14.2 Å². The first-order valence-corrected chi connectivity index (χ1v) is 14.9. The molecular formula is C28H23BrN3O6P. The molecule has 198 valence electrons. The standard InChI is InChI=1S/C28H23BrN3O6P/c1-2-28(38-39(35,36)31-12-17-7-8-20(29)10-18(17)13-31)22-11-24-25-19(9-16-5-3-4-6-23(16)30-25)14-32(24)26(33)21(22)15-37-27(28)34/h3-11H,2,12-15H2,1H3,(H,35,36)/t28-/m0/s1. The maximum absolute atomic E-state index is 13.8. The van der Waals surface area contributed by atoms with Crippen LogP contribution in [0.4, 0.5) is 0 Å². The van der Waals surface area contributed by atoms with Gasteiger partial charge in [-0.25, -0.2) is 19.0 Å². The topological polar surface area (TPSA) is 111 Å². The molecule has 7 rings (SSSR count). The lowest BCUT2D eigenvalue weighted by atomic mass is 9.86. The van der Waals surface area contributed by atoms with Gasteiger partial charge in [-0.3, -0.25) is 9.32 Å². The molecule has 1 N–H and O–H groups in total. The highest BCUT2D eigenvalue weighted by molar-refractivity contribution is 9.10. The van der Waals surface area contributed by atoms with Gasteiger partial charge in [0.2, 0.25) is 5.60 Å². The van der Waals surface area contributed by atoms with Crippen molar-refractivity contribution in [2.45, 2.75) is 45.2 Å². The molecular weight excluding hydrogens is 585 g/mol. The Bertz CT molecular complexity index is 1840. The lowest BCUT2D eigenvalue weighted by molar-refractivity contribution is -0.170. The number of ether oxygens (including phenoxy) is 1. The molecule has 4 aromatic rings. The normalized spacial score (nSPS) is 21.2. The third-order valence-electron chi connectivity index (χ3n) is 7.89. The van der Waals surface area contributed by atoms with E-state index >= 15 is 0 Å². The molecule has 39 heavy (non-hydrogen) atoms. The van der Waals surface area contributed by atoms with E-state index in [2.05, 4.69) is 15.9 Å². The minimum Gasteiger partial charge on any atom is -0.458 e. The summed E-state index contributed by atoms with van der Waals surface area (Å²) in [6.45, 7) is 2.15. The number of aromatic nitrogens is 2. The minimum absolute atomic E-state index is 0.00335. The maximum Gasteiger partial charge on any atom is 0.407 e. The highest BCUT2D eigenvalue weighted by Gasteiger charge is 2.53. The lowest BCUT2D eigenvalue weighted by Gasteiger charge is -2.38. The number of hydrogen-bond donors (Lipinski definition) is 1. The van der Waals surface area contributed by atoms with Gasteiger partial charge in [0.05, 0.1) is 29.0 Å². The summed E-state index contributed by atoms with van der Waals surface area (Å²) in [6, 6.07) is 17.1. The summed E-state index contributed by atoms with van der Waals surface area (Å²) in [7, 11) is -4.52. The Morgan fingerprint density at radius 1 is 1.08 bits per heavy atom. The highest BCUT2D eigenvalue weighted by atomic mass is 79.9. The van der Waals surface area contributed by atoms with Crippen molar-refractivity contribution in [3.05, 3.63) is 97.2 Å². The first-order chi connectivity index (χ1) is 18.7. The third kappa shape index (κ3) is 3.70. The third-order valence-corrected chi connectivity index (χ3v) is 9.93. The Balaban J connectivity index is 1.34. The van der Waals surface area contributed by atoms with E-state index in [1.807, 2.05) is 48.5 Å². The highest BCUT2D eigenvalue weighted by Crippen LogP contribution is 2.57. The van der Waals surface area contributed by atoms with Crippen LogP contribution in [0.3, 0.4) is 0 Å². The number of halogens is 1. The molecule has 0 radical (unpaired) electrons. The number of fused-ring (bicyclic) bond motifs is 6. The fourth-order valence-corrected chi connectivity index (χ4v) is 7.74. The first kappa shape index (κ1) is 24.9. The van der Waals surface area contributed by atoms with E-state index < -0.39 is 19.3 Å². The minimum atomic E-state index is -4.52. The van der Waals surface area contributed by atoms with E-state index in [-0.39, 0.29) is 42.8 Å². The molecule has 3 aliphatic rings. The van der Waals surface area contributed by atoms with Gasteiger partial charge in [-0.05, 0) is 47.9 Å². The van der Waals surface area contributed by atoms with Crippen molar-refractivity contribution in [1.29, 1.82) is 0 Å². The van der Waals surface area contributed by atoms with Crippen LogP contribution in [0.5, 0.6) is 0 Å². The van der Waals surface area contributed by atoms with Crippen LogP contribution < -0.4 is 5.56 Å². The number of pyridine rings is 2. The van der Waals surface area contributed by atoms with Crippen molar-refractivity contribution in [3.8, 4) is 11.4 Å². The number of cyclic esters (lactones) is 1. The molecule has 3 aliphatic heterocycles. The van der Waals surface area contributed by atoms with E-state index in [4.69, 9.17) is 14.2 Å². The lowest BCUT2D eigenvalue weighted by Crippen LogP contribution is -2.46. The fourth-order valence-electron chi connectivity index (χ4n) is 5.85. The molecule has 0 bridgehead atoms. The van der Waals surface area contributed by atoms with Crippen molar-refractivity contribution in [1.82, 2.24) is 14.2 Å². The number of carbonyl (C=O) groups is 1. The van der Waals surface area contributed by atoms with Gasteiger partial charge in [0.15, 0.2) is 0 Å². The molecule has 2 aromatic heterocycles. The molecule has 0 spiro atoms. The molecule has 2 aromatic carbocycles. The molecule has 0 aliphatic carbocycles. The van der Waals surface area contributed by atoms with Gasteiger partial charge in [-0.1, -0.05) is 47.1 Å². The zero-order valence-corrected chi connectivity index (χ0v) is 23.4. The van der Waals surface area contributed by atoms with E-state index in [0.29, 0.717) is 17.9 Å². The smallest absolute Gasteiger partial charge is 0.407 e. The Morgan fingerprint density at radius 2 is 1.87 bits per heavy atom. The van der Waals surface area contributed by atoms with E-state index in [1.165, 1.54) is 4.67 Å². The van der Waals surface area contributed by atoms with Gasteiger partial charge in [-0.15, -0.1) is 0 Å². The van der Waals surface area contributed by atoms with Crippen molar-refractivity contribution in [2.24, 2.45) is 0 Å². The monoisotopic (exact) mass is 607 g/mol. The average Bonchev–Trinajstić information content (AvgIpc) is 3.51. The fraction of sp³-hybridized carbons (Fsp3) is 0.250. The second kappa shape index (κ2) is 8.68. The first-order valence-electron chi connectivity index (χ1n) is 12.6. The Labute approximate surface area is 231 Å². The predicted octanol–water partition coefficient (Wildman–Crippen LogP) is 4.98. The Morgan fingerprint density at radius 3 is 2.69 bits per heavy atom. The number of benzene rings is 2. The number of carbonyl (C=O) groups excluding carboxylic acids is 1. The maximum atomic E-state index is 13.8. The van der Waals surface area contributed by atoms with Crippen molar-refractivity contribution in [2.75, 3.05) is 0 Å². The van der Waals surface area contributed by atoms with Crippen LogP contribution in [0.2, 0.25) is 0 Å². The van der Waals surface area contributed by atoms with Crippen LogP contribution in [0.15, 0.2) is 63.9 Å². The van der Waals surface area contributed by atoms with E-state index in [1.54, 1.807) is 17.6 Å². The summed E-state index contributed by atoms with van der Waals surface area (Å²) >= 11 is 3.44. The largest absolute Gasteiger partial charge is 0.458 e. The molecule has 11 heteroatoms. The van der Waals surface area contributed by atoms with Gasteiger partial charge in [0.1, 0.15) is 6.61 Å². The van der Waals surface area contributed by atoms with Gasteiger partial charge in [0.25, 0.3) is 5.56 Å². The van der Waals surface area contributed by atoms with Gasteiger partial charge in [-0.2, -0.15) is 0 Å². The van der Waals surface area contributed by atoms with Crippen molar-refractivity contribution >= 4 is 40.5 Å². The van der Waals surface area contributed by atoms with Crippen LogP contribution in [0.25, 0.3) is 22.3 Å². The summed E-state index contributed by atoms with van der Waals surface area (Å²) in [5.74, 6) is -0.791. The molecule has 0 saturated heterocycles.